The Morgan fingerprint density at radius 2 is 1.76 bits per heavy atom. The van der Waals surface area contributed by atoms with Crippen LogP contribution in [0.2, 0.25) is 0 Å². The standard InChI is InChI=1S/C16H21F3N4O2/c1-12-4-2-3-5-13(12)23-8-6-22(7-9-23)10-14(24)21-15(25)20-11-16(17,18)19/h2-5H,6-11H2,1H3,(H2,20,21,24,25). The van der Waals surface area contributed by atoms with Gasteiger partial charge in [0, 0.05) is 31.9 Å². The highest BCUT2D eigenvalue weighted by Gasteiger charge is 2.28. The minimum absolute atomic E-state index is 0.0267. The van der Waals surface area contributed by atoms with Crippen LogP contribution in [-0.2, 0) is 4.79 Å². The molecule has 2 rings (SSSR count). The van der Waals surface area contributed by atoms with Crippen LogP contribution in [0.5, 0.6) is 0 Å². The molecule has 1 heterocycles. The molecule has 2 N–H and O–H groups in total. The Labute approximate surface area is 144 Å². The van der Waals surface area contributed by atoms with Crippen molar-refractivity contribution < 1.29 is 22.8 Å². The van der Waals surface area contributed by atoms with E-state index in [9.17, 15) is 22.8 Å². The summed E-state index contributed by atoms with van der Waals surface area (Å²) in [6.07, 6.45) is -4.51. The SMILES string of the molecule is Cc1ccccc1N1CCN(CC(=O)NC(=O)NCC(F)(F)F)CC1. The predicted octanol–water partition coefficient (Wildman–Crippen LogP) is 1.51. The van der Waals surface area contributed by atoms with Crippen molar-refractivity contribution in [2.75, 3.05) is 44.2 Å². The van der Waals surface area contributed by atoms with E-state index in [2.05, 4.69) is 4.90 Å². The zero-order chi connectivity index (χ0) is 18.4. The van der Waals surface area contributed by atoms with Gasteiger partial charge in [-0.3, -0.25) is 15.0 Å². The van der Waals surface area contributed by atoms with Crippen LogP contribution in [0, 0.1) is 6.92 Å². The second-order valence-electron chi connectivity index (χ2n) is 5.90. The molecular formula is C16H21F3N4O2. The number of nitrogens with one attached hydrogen (secondary N) is 2. The van der Waals surface area contributed by atoms with Gasteiger partial charge in [0.2, 0.25) is 5.91 Å². The first kappa shape index (κ1) is 19.0. The molecule has 138 valence electrons. The van der Waals surface area contributed by atoms with Crippen molar-refractivity contribution in [3.8, 4) is 0 Å². The zero-order valence-corrected chi connectivity index (χ0v) is 13.9. The summed E-state index contributed by atoms with van der Waals surface area (Å²) in [6.45, 7) is 3.27. The number of piperazine rings is 1. The lowest BCUT2D eigenvalue weighted by Gasteiger charge is -2.36. The Hall–Kier alpha value is -2.29. The number of nitrogens with zero attached hydrogens (tertiary/aromatic N) is 2. The van der Waals surface area contributed by atoms with Gasteiger partial charge in [-0.1, -0.05) is 18.2 Å². The molecule has 1 saturated heterocycles. The number of hydrogen-bond acceptors (Lipinski definition) is 4. The average molecular weight is 358 g/mol. The summed E-state index contributed by atoms with van der Waals surface area (Å²) >= 11 is 0. The minimum Gasteiger partial charge on any atom is -0.369 e. The lowest BCUT2D eigenvalue weighted by molar-refractivity contribution is -0.125. The molecule has 1 aromatic carbocycles. The van der Waals surface area contributed by atoms with Gasteiger partial charge in [0.15, 0.2) is 0 Å². The fourth-order valence-corrected chi connectivity index (χ4v) is 2.66. The molecule has 9 heteroatoms. The number of urea groups is 1. The Balaban J connectivity index is 1.73. The van der Waals surface area contributed by atoms with Crippen molar-refractivity contribution in [1.82, 2.24) is 15.5 Å². The van der Waals surface area contributed by atoms with Crippen molar-refractivity contribution in [1.29, 1.82) is 0 Å². The normalized spacial score (nSPS) is 15.8. The highest BCUT2D eigenvalue weighted by atomic mass is 19.4. The monoisotopic (exact) mass is 358 g/mol. The topological polar surface area (TPSA) is 64.7 Å². The van der Waals surface area contributed by atoms with Crippen LogP contribution in [0.25, 0.3) is 0 Å². The number of amides is 3. The Morgan fingerprint density at radius 3 is 2.36 bits per heavy atom. The van der Waals surface area contributed by atoms with E-state index in [1.165, 1.54) is 5.56 Å². The Kier molecular flexibility index (Phi) is 6.24. The first-order valence-corrected chi connectivity index (χ1v) is 7.92. The van der Waals surface area contributed by atoms with Crippen LogP contribution < -0.4 is 15.5 Å². The highest BCUT2D eigenvalue weighted by molar-refractivity contribution is 5.95. The first-order valence-electron chi connectivity index (χ1n) is 7.92. The van der Waals surface area contributed by atoms with Gasteiger partial charge >= 0.3 is 12.2 Å². The molecule has 6 nitrogen and oxygen atoms in total. The quantitative estimate of drug-likeness (QED) is 0.856. The fraction of sp³-hybridized carbons (Fsp3) is 0.500. The summed E-state index contributed by atoms with van der Waals surface area (Å²) in [4.78, 5) is 27.1. The zero-order valence-electron chi connectivity index (χ0n) is 13.9. The number of benzene rings is 1. The van der Waals surface area contributed by atoms with Gasteiger partial charge in [0.05, 0.1) is 6.54 Å². The lowest BCUT2D eigenvalue weighted by Crippen LogP contribution is -2.51. The minimum atomic E-state index is -4.51. The molecule has 0 radical (unpaired) electrons. The fourth-order valence-electron chi connectivity index (χ4n) is 2.66. The molecule has 1 aliphatic rings. The van der Waals surface area contributed by atoms with Gasteiger partial charge in [0.25, 0.3) is 0 Å². The summed E-state index contributed by atoms with van der Waals surface area (Å²) in [5.41, 5.74) is 2.33. The molecular weight excluding hydrogens is 337 g/mol. The summed E-state index contributed by atoms with van der Waals surface area (Å²) in [7, 11) is 0. The summed E-state index contributed by atoms with van der Waals surface area (Å²) in [6, 6.07) is 6.89. The maximum atomic E-state index is 12.0. The molecule has 0 aromatic heterocycles. The highest BCUT2D eigenvalue weighted by Crippen LogP contribution is 2.20. The van der Waals surface area contributed by atoms with Gasteiger partial charge in [-0.2, -0.15) is 13.2 Å². The summed E-state index contributed by atoms with van der Waals surface area (Å²) < 4.78 is 36.0. The van der Waals surface area contributed by atoms with Gasteiger partial charge in [0.1, 0.15) is 6.54 Å². The van der Waals surface area contributed by atoms with E-state index in [1.807, 2.05) is 41.4 Å². The van der Waals surface area contributed by atoms with Crippen LogP contribution in [-0.4, -0.2) is 62.3 Å². The molecule has 0 spiro atoms. The van der Waals surface area contributed by atoms with E-state index in [-0.39, 0.29) is 6.54 Å². The number of rotatable bonds is 4. The number of halogens is 3. The predicted molar refractivity (Wildman–Crippen MR) is 87.4 cm³/mol. The Bertz CT molecular complexity index is 614. The van der Waals surface area contributed by atoms with E-state index in [0.717, 1.165) is 18.8 Å². The number of anilines is 1. The van der Waals surface area contributed by atoms with E-state index in [1.54, 1.807) is 5.32 Å². The van der Waals surface area contributed by atoms with Gasteiger partial charge in [-0.05, 0) is 18.6 Å². The third-order valence-electron chi connectivity index (χ3n) is 3.90. The van der Waals surface area contributed by atoms with Gasteiger partial charge in [-0.25, -0.2) is 4.79 Å². The van der Waals surface area contributed by atoms with E-state index >= 15 is 0 Å². The molecule has 0 unspecified atom stereocenters. The van der Waals surface area contributed by atoms with E-state index in [4.69, 9.17) is 0 Å². The van der Waals surface area contributed by atoms with Crippen molar-refractivity contribution in [2.45, 2.75) is 13.1 Å². The van der Waals surface area contributed by atoms with E-state index < -0.39 is 24.7 Å². The van der Waals surface area contributed by atoms with Crippen LogP contribution in [0.1, 0.15) is 5.56 Å². The van der Waals surface area contributed by atoms with Crippen molar-refractivity contribution >= 4 is 17.6 Å². The number of imide groups is 1. The van der Waals surface area contributed by atoms with Gasteiger partial charge in [-0.15, -0.1) is 0 Å². The number of aryl methyl sites for hydroxylation is 1. The van der Waals surface area contributed by atoms with Crippen LogP contribution in [0.15, 0.2) is 24.3 Å². The van der Waals surface area contributed by atoms with Gasteiger partial charge < -0.3 is 10.2 Å². The maximum Gasteiger partial charge on any atom is 0.405 e. The number of hydrogen-bond donors (Lipinski definition) is 2. The molecule has 1 aromatic rings. The van der Waals surface area contributed by atoms with Crippen molar-refractivity contribution in [3.05, 3.63) is 29.8 Å². The molecule has 3 amide bonds. The van der Waals surface area contributed by atoms with Crippen molar-refractivity contribution in [2.24, 2.45) is 0 Å². The second-order valence-corrected chi connectivity index (χ2v) is 5.90. The van der Waals surface area contributed by atoms with E-state index in [0.29, 0.717) is 13.1 Å². The largest absolute Gasteiger partial charge is 0.405 e. The number of carbonyl (C=O) groups is 2. The molecule has 1 fully saturated rings. The third-order valence-corrected chi connectivity index (χ3v) is 3.90. The summed E-state index contributed by atoms with van der Waals surface area (Å²) in [5.74, 6) is -0.621. The Morgan fingerprint density at radius 1 is 1.12 bits per heavy atom. The molecule has 0 saturated carbocycles. The summed E-state index contributed by atoms with van der Waals surface area (Å²) in [5, 5.41) is 3.51. The average Bonchev–Trinajstić information content (AvgIpc) is 2.54. The number of carbonyl (C=O) groups excluding carboxylic acids is 2. The molecule has 0 bridgehead atoms. The lowest BCUT2D eigenvalue weighted by atomic mass is 10.1. The molecule has 0 aliphatic carbocycles. The molecule has 0 atom stereocenters. The van der Waals surface area contributed by atoms with Crippen LogP contribution >= 0.6 is 0 Å². The van der Waals surface area contributed by atoms with Crippen LogP contribution in [0.4, 0.5) is 23.7 Å². The smallest absolute Gasteiger partial charge is 0.369 e. The maximum absolute atomic E-state index is 12.0. The first-order chi connectivity index (χ1) is 11.7. The third kappa shape index (κ3) is 6.26. The van der Waals surface area contributed by atoms with Crippen molar-refractivity contribution in [3.63, 3.8) is 0 Å². The second kappa shape index (κ2) is 8.19. The van der Waals surface area contributed by atoms with Crippen LogP contribution in [0.3, 0.4) is 0 Å². The molecule has 25 heavy (non-hydrogen) atoms. The number of para-hydroxylation sites is 1. The number of alkyl halides is 3. The molecule has 1 aliphatic heterocycles.